The molecule has 1 aromatic heterocycles. The van der Waals surface area contributed by atoms with Crippen molar-refractivity contribution >= 4 is 0 Å². The van der Waals surface area contributed by atoms with Gasteiger partial charge in [0.05, 0.1) is 11.6 Å². The van der Waals surface area contributed by atoms with Gasteiger partial charge in [-0.05, 0) is 18.9 Å². The quantitative estimate of drug-likeness (QED) is 0.906. The summed E-state index contributed by atoms with van der Waals surface area (Å²) < 4.78 is 40.3. The fourth-order valence-corrected chi connectivity index (χ4v) is 2.58. The molecule has 2 rings (SSSR count). The lowest BCUT2D eigenvalue weighted by Gasteiger charge is -2.33. The standard InChI is InChI=1S/C12H18F3N3/c1-18-9(6-7-17-18)8-16-11-5-3-2-4-10(11)12(13,14)15/h6-7,10-11,16H,2-5,8H2,1H3. The minimum atomic E-state index is -4.09. The fourth-order valence-electron chi connectivity index (χ4n) is 2.58. The third-order valence-corrected chi connectivity index (χ3v) is 3.65. The van der Waals surface area contributed by atoms with E-state index in [1.165, 1.54) is 0 Å². The topological polar surface area (TPSA) is 29.9 Å². The molecule has 0 spiro atoms. The molecule has 0 aliphatic heterocycles. The van der Waals surface area contributed by atoms with E-state index >= 15 is 0 Å². The molecule has 6 heteroatoms. The lowest BCUT2D eigenvalue weighted by atomic mass is 9.84. The molecule has 18 heavy (non-hydrogen) atoms. The molecule has 1 aliphatic carbocycles. The van der Waals surface area contributed by atoms with Crippen molar-refractivity contribution in [2.45, 2.75) is 44.4 Å². The van der Waals surface area contributed by atoms with Crippen LogP contribution in [-0.4, -0.2) is 22.0 Å². The van der Waals surface area contributed by atoms with Gasteiger partial charge in [0.2, 0.25) is 0 Å². The summed E-state index contributed by atoms with van der Waals surface area (Å²) in [6, 6.07) is 1.35. The van der Waals surface area contributed by atoms with Gasteiger partial charge in [0.25, 0.3) is 0 Å². The minimum Gasteiger partial charge on any atom is -0.308 e. The van der Waals surface area contributed by atoms with Crippen LogP contribution in [0.25, 0.3) is 0 Å². The van der Waals surface area contributed by atoms with E-state index in [0.717, 1.165) is 12.1 Å². The van der Waals surface area contributed by atoms with Gasteiger partial charge in [0, 0.05) is 25.8 Å². The van der Waals surface area contributed by atoms with Crippen LogP contribution < -0.4 is 5.32 Å². The van der Waals surface area contributed by atoms with Gasteiger partial charge in [-0.25, -0.2) is 0 Å². The molecule has 1 aliphatic rings. The summed E-state index contributed by atoms with van der Waals surface area (Å²) in [6.07, 6.45) is -0.0536. The van der Waals surface area contributed by atoms with Crippen LogP contribution in [0.2, 0.25) is 0 Å². The molecule has 0 aromatic carbocycles. The zero-order valence-corrected chi connectivity index (χ0v) is 10.4. The van der Waals surface area contributed by atoms with E-state index in [0.29, 0.717) is 19.4 Å². The van der Waals surface area contributed by atoms with Crippen molar-refractivity contribution in [2.24, 2.45) is 13.0 Å². The summed E-state index contributed by atoms with van der Waals surface area (Å²) in [7, 11) is 1.79. The Morgan fingerprint density at radius 3 is 2.72 bits per heavy atom. The first-order valence-corrected chi connectivity index (χ1v) is 6.25. The van der Waals surface area contributed by atoms with Gasteiger partial charge < -0.3 is 5.32 Å². The molecule has 0 bridgehead atoms. The monoisotopic (exact) mass is 261 g/mol. The number of hydrogen-bond donors (Lipinski definition) is 1. The molecule has 3 nitrogen and oxygen atoms in total. The first-order chi connectivity index (χ1) is 8.48. The Labute approximate surface area is 104 Å². The van der Waals surface area contributed by atoms with Crippen molar-refractivity contribution < 1.29 is 13.2 Å². The molecule has 0 saturated heterocycles. The van der Waals surface area contributed by atoms with Crippen molar-refractivity contribution in [1.29, 1.82) is 0 Å². The van der Waals surface area contributed by atoms with Gasteiger partial charge in [-0.15, -0.1) is 0 Å². The third kappa shape index (κ3) is 3.04. The van der Waals surface area contributed by atoms with E-state index in [9.17, 15) is 13.2 Å². The van der Waals surface area contributed by atoms with Crippen LogP contribution in [0.4, 0.5) is 13.2 Å². The van der Waals surface area contributed by atoms with Gasteiger partial charge in [0.1, 0.15) is 0 Å². The van der Waals surface area contributed by atoms with E-state index in [1.807, 2.05) is 6.07 Å². The second-order valence-electron chi connectivity index (χ2n) is 4.87. The Kier molecular flexibility index (Phi) is 3.94. The van der Waals surface area contributed by atoms with Gasteiger partial charge in [-0.2, -0.15) is 18.3 Å². The highest BCUT2D eigenvalue weighted by Crippen LogP contribution is 2.37. The second-order valence-corrected chi connectivity index (χ2v) is 4.87. The molecule has 2 unspecified atom stereocenters. The number of nitrogens with one attached hydrogen (secondary N) is 1. The van der Waals surface area contributed by atoms with E-state index < -0.39 is 18.1 Å². The average Bonchev–Trinajstić information content (AvgIpc) is 2.71. The summed E-state index contributed by atoms with van der Waals surface area (Å²) >= 11 is 0. The number of alkyl halides is 3. The average molecular weight is 261 g/mol. The first kappa shape index (κ1) is 13.4. The van der Waals surface area contributed by atoms with Crippen molar-refractivity contribution in [2.75, 3.05) is 0 Å². The number of rotatable bonds is 3. The first-order valence-electron chi connectivity index (χ1n) is 6.25. The lowest BCUT2D eigenvalue weighted by Crippen LogP contribution is -2.45. The second kappa shape index (κ2) is 5.30. The van der Waals surface area contributed by atoms with Gasteiger partial charge in [-0.1, -0.05) is 12.8 Å². The normalized spacial score (nSPS) is 25.3. The van der Waals surface area contributed by atoms with Crippen LogP contribution >= 0.6 is 0 Å². The number of aromatic nitrogens is 2. The van der Waals surface area contributed by atoms with E-state index in [1.54, 1.807) is 17.9 Å². The predicted octanol–water partition coefficient (Wildman–Crippen LogP) is 2.63. The smallest absolute Gasteiger partial charge is 0.308 e. The van der Waals surface area contributed by atoms with Crippen LogP contribution in [0.3, 0.4) is 0 Å². The van der Waals surface area contributed by atoms with Crippen LogP contribution in [0.15, 0.2) is 12.3 Å². The van der Waals surface area contributed by atoms with Crippen LogP contribution in [0.5, 0.6) is 0 Å². The third-order valence-electron chi connectivity index (χ3n) is 3.65. The summed E-state index contributed by atoms with van der Waals surface area (Å²) in [5.74, 6) is -1.21. The van der Waals surface area contributed by atoms with Gasteiger partial charge in [-0.3, -0.25) is 4.68 Å². The van der Waals surface area contributed by atoms with Crippen LogP contribution in [0.1, 0.15) is 31.4 Å². The minimum absolute atomic E-state index is 0.243. The molecule has 1 aromatic rings. The van der Waals surface area contributed by atoms with Gasteiger partial charge >= 0.3 is 6.18 Å². The van der Waals surface area contributed by atoms with Gasteiger partial charge in [0.15, 0.2) is 0 Å². The highest BCUT2D eigenvalue weighted by molar-refractivity contribution is 5.00. The van der Waals surface area contributed by atoms with Crippen LogP contribution in [0, 0.1) is 5.92 Å². The van der Waals surface area contributed by atoms with E-state index in [2.05, 4.69) is 10.4 Å². The molecule has 102 valence electrons. The maximum absolute atomic E-state index is 12.9. The SMILES string of the molecule is Cn1nccc1CNC1CCCCC1C(F)(F)F. The zero-order valence-electron chi connectivity index (χ0n) is 10.4. The Hall–Kier alpha value is -1.04. The van der Waals surface area contributed by atoms with E-state index in [4.69, 9.17) is 0 Å². The Morgan fingerprint density at radius 2 is 2.11 bits per heavy atom. The van der Waals surface area contributed by atoms with Crippen molar-refractivity contribution in [3.05, 3.63) is 18.0 Å². The molecule has 1 saturated carbocycles. The molecule has 1 fully saturated rings. The number of halogens is 3. The largest absolute Gasteiger partial charge is 0.393 e. The van der Waals surface area contributed by atoms with Crippen LogP contribution in [-0.2, 0) is 13.6 Å². The highest BCUT2D eigenvalue weighted by atomic mass is 19.4. The maximum Gasteiger partial charge on any atom is 0.393 e. The Balaban J connectivity index is 1.96. The zero-order chi connectivity index (χ0) is 13.2. The molecular weight excluding hydrogens is 243 g/mol. The molecule has 2 atom stereocenters. The summed E-state index contributed by atoms with van der Waals surface area (Å²) in [4.78, 5) is 0. The van der Waals surface area contributed by atoms with E-state index in [-0.39, 0.29) is 6.42 Å². The van der Waals surface area contributed by atoms with Crippen molar-refractivity contribution in [1.82, 2.24) is 15.1 Å². The molecule has 1 heterocycles. The summed E-state index contributed by atoms with van der Waals surface area (Å²) in [6.45, 7) is 0.438. The maximum atomic E-state index is 12.9. The Bertz CT molecular complexity index is 386. The number of aryl methyl sites for hydroxylation is 1. The molecule has 0 radical (unpaired) electrons. The van der Waals surface area contributed by atoms with Crippen molar-refractivity contribution in [3.8, 4) is 0 Å². The highest BCUT2D eigenvalue weighted by Gasteiger charge is 2.45. The molecular formula is C12H18F3N3. The number of nitrogens with zero attached hydrogens (tertiary/aromatic N) is 2. The lowest BCUT2D eigenvalue weighted by molar-refractivity contribution is -0.189. The molecule has 0 amide bonds. The number of hydrogen-bond acceptors (Lipinski definition) is 2. The Morgan fingerprint density at radius 1 is 1.39 bits per heavy atom. The summed E-state index contributed by atoms with van der Waals surface area (Å²) in [5, 5.41) is 7.04. The fraction of sp³-hybridized carbons (Fsp3) is 0.750. The predicted molar refractivity (Wildman–Crippen MR) is 61.8 cm³/mol. The van der Waals surface area contributed by atoms with Crippen molar-refractivity contribution in [3.63, 3.8) is 0 Å². The summed E-state index contributed by atoms with van der Waals surface area (Å²) in [5.41, 5.74) is 0.904. The molecule has 1 N–H and O–H groups in total.